The molecule has 0 aliphatic heterocycles. The summed E-state index contributed by atoms with van der Waals surface area (Å²) in [5.41, 5.74) is 11.2. The molecular weight excluding hydrogens is 334 g/mol. The van der Waals surface area contributed by atoms with E-state index >= 15 is 0 Å². The molecule has 136 valence electrons. The molecule has 0 heterocycles. The highest BCUT2D eigenvalue weighted by Crippen LogP contribution is 2.28. The van der Waals surface area contributed by atoms with Gasteiger partial charge in [0.25, 0.3) is 11.8 Å². The van der Waals surface area contributed by atoms with Crippen LogP contribution in [0.1, 0.15) is 37.0 Å². The van der Waals surface area contributed by atoms with Crippen molar-refractivity contribution in [2.24, 2.45) is 11.5 Å². The third-order valence-corrected chi connectivity index (χ3v) is 3.81. The summed E-state index contributed by atoms with van der Waals surface area (Å²) in [6.45, 7) is 4.11. The molecule has 24 heavy (non-hydrogen) atoms. The Labute approximate surface area is 148 Å². The topological polar surface area (TPSA) is 117 Å². The summed E-state index contributed by atoms with van der Waals surface area (Å²) < 4.78 is 10.4. The quantitative estimate of drug-likeness (QED) is 0.613. The van der Waals surface area contributed by atoms with Gasteiger partial charge in [0.2, 0.25) is 0 Å². The Bertz CT molecular complexity index is 562. The molecule has 1 aromatic carbocycles. The summed E-state index contributed by atoms with van der Waals surface area (Å²) in [6, 6.07) is 4.69. The van der Waals surface area contributed by atoms with Crippen LogP contribution in [-0.2, 0) is 4.79 Å². The predicted molar refractivity (Wildman–Crippen MR) is 94.8 cm³/mol. The third kappa shape index (κ3) is 6.25. The van der Waals surface area contributed by atoms with Crippen molar-refractivity contribution in [3.63, 3.8) is 0 Å². The van der Waals surface area contributed by atoms with E-state index in [2.05, 4.69) is 5.32 Å². The number of methoxy groups -OCH3 is 1. The smallest absolute Gasteiger partial charge is 0.255 e. The van der Waals surface area contributed by atoms with Crippen LogP contribution in [0.15, 0.2) is 18.2 Å². The summed E-state index contributed by atoms with van der Waals surface area (Å²) in [6.07, 6.45) is 1.54. The van der Waals surface area contributed by atoms with Crippen molar-refractivity contribution in [2.45, 2.75) is 32.2 Å². The number of rotatable bonds is 9. The highest BCUT2D eigenvalue weighted by atomic mass is 35.5. The average molecular weight is 360 g/mol. The normalized spacial score (nSPS) is 10.5. The second-order valence-corrected chi connectivity index (χ2v) is 5.37. The molecule has 0 fully saturated rings. The molecule has 5 N–H and O–H groups in total. The van der Waals surface area contributed by atoms with Gasteiger partial charge in [-0.2, -0.15) is 0 Å². The number of hydrogen-bond acceptors (Lipinski definition) is 5. The van der Waals surface area contributed by atoms with Gasteiger partial charge in [-0.25, -0.2) is 0 Å². The number of benzene rings is 1. The first kappa shape index (κ1) is 22.0. The number of halogens is 1. The molecule has 0 aliphatic carbocycles. The van der Waals surface area contributed by atoms with Crippen molar-refractivity contribution in [1.82, 2.24) is 5.32 Å². The SMILES string of the molecule is CCC(N)(CC)CNC(=O)c1ccc(OCC(N)=O)c(OC)c1.Cl. The molecule has 0 aliphatic rings. The van der Waals surface area contributed by atoms with E-state index in [0.29, 0.717) is 23.6 Å². The molecular formula is C16H26ClN3O4. The standard InChI is InChI=1S/C16H25N3O4.ClH/c1-4-16(18,5-2)10-19-15(21)11-6-7-12(13(8-11)22-3)23-9-14(17)20;/h6-8H,4-5,9-10,18H2,1-3H3,(H2,17,20)(H,19,21);1H. The van der Waals surface area contributed by atoms with Gasteiger partial charge >= 0.3 is 0 Å². The fourth-order valence-electron chi connectivity index (χ4n) is 1.94. The molecule has 0 saturated carbocycles. The van der Waals surface area contributed by atoms with Crippen LogP contribution in [0.25, 0.3) is 0 Å². The van der Waals surface area contributed by atoms with E-state index in [1.165, 1.54) is 7.11 Å². The maximum Gasteiger partial charge on any atom is 0.255 e. The summed E-state index contributed by atoms with van der Waals surface area (Å²) >= 11 is 0. The van der Waals surface area contributed by atoms with E-state index < -0.39 is 11.4 Å². The van der Waals surface area contributed by atoms with Gasteiger partial charge in [0, 0.05) is 17.6 Å². The van der Waals surface area contributed by atoms with Crippen molar-refractivity contribution < 1.29 is 19.1 Å². The van der Waals surface area contributed by atoms with Crippen LogP contribution in [0.3, 0.4) is 0 Å². The average Bonchev–Trinajstić information content (AvgIpc) is 2.57. The summed E-state index contributed by atoms with van der Waals surface area (Å²) in [5, 5.41) is 2.83. The third-order valence-electron chi connectivity index (χ3n) is 3.81. The Kier molecular flexibility index (Phi) is 9.17. The molecule has 2 amide bonds. The van der Waals surface area contributed by atoms with E-state index in [1.54, 1.807) is 18.2 Å². The largest absolute Gasteiger partial charge is 0.493 e. The lowest BCUT2D eigenvalue weighted by molar-refractivity contribution is -0.119. The number of hydrogen-bond donors (Lipinski definition) is 3. The minimum Gasteiger partial charge on any atom is -0.493 e. The highest BCUT2D eigenvalue weighted by Gasteiger charge is 2.21. The maximum atomic E-state index is 12.2. The van der Waals surface area contributed by atoms with Crippen LogP contribution in [0.4, 0.5) is 0 Å². The number of nitrogens with two attached hydrogens (primary N) is 2. The number of ether oxygens (including phenoxy) is 2. The van der Waals surface area contributed by atoms with Crippen molar-refractivity contribution in [1.29, 1.82) is 0 Å². The van der Waals surface area contributed by atoms with Crippen molar-refractivity contribution >= 4 is 24.2 Å². The lowest BCUT2D eigenvalue weighted by atomic mass is 9.94. The molecule has 0 saturated heterocycles. The summed E-state index contributed by atoms with van der Waals surface area (Å²) in [4.78, 5) is 23.0. The molecule has 7 nitrogen and oxygen atoms in total. The van der Waals surface area contributed by atoms with Crippen molar-refractivity contribution in [3.8, 4) is 11.5 Å². The van der Waals surface area contributed by atoms with Gasteiger partial charge in [0.05, 0.1) is 7.11 Å². The lowest BCUT2D eigenvalue weighted by Gasteiger charge is -2.26. The molecule has 0 spiro atoms. The molecule has 8 heteroatoms. The minimum absolute atomic E-state index is 0. The highest BCUT2D eigenvalue weighted by molar-refractivity contribution is 5.95. The molecule has 1 aromatic rings. The Morgan fingerprint density at radius 2 is 1.83 bits per heavy atom. The zero-order valence-corrected chi connectivity index (χ0v) is 15.1. The van der Waals surface area contributed by atoms with Crippen molar-refractivity contribution in [3.05, 3.63) is 23.8 Å². The van der Waals surface area contributed by atoms with E-state index in [4.69, 9.17) is 20.9 Å². The molecule has 0 radical (unpaired) electrons. The van der Waals surface area contributed by atoms with E-state index in [9.17, 15) is 9.59 Å². The van der Waals surface area contributed by atoms with Crippen LogP contribution in [0.5, 0.6) is 11.5 Å². The molecule has 0 bridgehead atoms. The van der Waals surface area contributed by atoms with Gasteiger partial charge in [-0.15, -0.1) is 12.4 Å². The maximum absolute atomic E-state index is 12.2. The zero-order valence-electron chi connectivity index (χ0n) is 14.3. The van der Waals surface area contributed by atoms with E-state index in [1.807, 2.05) is 13.8 Å². The Hall–Kier alpha value is -1.99. The first-order valence-corrected chi connectivity index (χ1v) is 7.51. The van der Waals surface area contributed by atoms with Gasteiger partial charge in [-0.1, -0.05) is 13.8 Å². The van der Waals surface area contributed by atoms with Gasteiger partial charge in [0.1, 0.15) is 0 Å². The van der Waals surface area contributed by atoms with Gasteiger partial charge in [-0.05, 0) is 31.0 Å². The molecule has 0 atom stereocenters. The monoisotopic (exact) mass is 359 g/mol. The number of carbonyl (C=O) groups is 2. The van der Waals surface area contributed by atoms with Crippen LogP contribution in [0.2, 0.25) is 0 Å². The Morgan fingerprint density at radius 3 is 2.33 bits per heavy atom. The van der Waals surface area contributed by atoms with Gasteiger partial charge in [0.15, 0.2) is 18.1 Å². The Morgan fingerprint density at radius 1 is 1.21 bits per heavy atom. The van der Waals surface area contributed by atoms with E-state index in [0.717, 1.165) is 12.8 Å². The number of carbonyl (C=O) groups excluding carboxylic acids is 2. The number of nitrogens with one attached hydrogen (secondary N) is 1. The van der Waals surface area contributed by atoms with E-state index in [-0.39, 0.29) is 24.9 Å². The Balaban J connectivity index is 0.00000529. The van der Waals surface area contributed by atoms with Crippen LogP contribution in [0, 0.1) is 0 Å². The van der Waals surface area contributed by atoms with Crippen LogP contribution in [-0.4, -0.2) is 37.6 Å². The summed E-state index contributed by atoms with van der Waals surface area (Å²) in [7, 11) is 1.45. The van der Waals surface area contributed by atoms with Gasteiger partial charge in [-0.3, -0.25) is 9.59 Å². The number of primary amides is 1. The summed E-state index contributed by atoms with van der Waals surface area (Å²) in [5.74, 6) is -0.143. The second kappa shape index (κ2) is 10.00. The predicted octanol–water partition coefficient (Wildman–Crippen LogP) is 1.23. The first-order chi connectivity index (χ1) is 10.8. The fourth-order valence-corrected chi connectivity index (χ4v) is 1.94. The number of amides is 2. The van der Waals surface area contributed by atoms with Crippen molar-refractivity contribution in [2.75, 3.05) is 20.3 Å². The molecule has 0 unspecified atom stereocenters. The minimum atomic E-state index is -0.590. The zero-order chi connectivity index (χ0) is 17.5. The van der Waals surface area contributed by atoms with Crippen LogP contribution < -0.4 is 26.3 Å². The second-order valence-electron chi connectivity index (χ2n) is 5.37. The first-order valence-electron chi connectivity index (χ1n) is 7.51. The fraction of sp³-hybridized carbons (Fsp3) is 0.500. The lowest BCUT2D eigenvalue weighted by Crippen LogP contribution is -2.49. The van der Waals surface area contributed by atoms with Crippen LogP contribution >= 0.6 is 12.4 Å². The molecule has 0 aromatic heterocycles. The van der Waals surface area contributed by atoms with Gasteiger partial charge < -0.3 is 26.3 Å². The molecule has 1 rings (SSSR count).